The van der Waals surface area contributed by atoms with Gasteiger partial charge in [-0.3, -0.25) is 0 Å². The predicted molar refractivity (Wildman–Crippen MR) is 76.0 cm³/mol. The number of carbonyl (C=O) groups is 1. The molecule has 2 aromatic rings. The van der Waals surface area contributed by atoms with Crippen molar-refractivity contribution in [3.8, 4) is 11.1 Å². The summed E-state index contributed by atoms with van der Waals surface area (Å²) in [5.41, 5.74) is 4.35. The summed E-state index contributed by atoms with van der Waals surface area (Å²) < 4.78 is 0.771. The van der Waals surface area contributed by atoms with E-state index in [1.54, 1.807) is 6.07 Å². The van der Waals surface area contributed by atoms with Crippen LogP contribution < -0.4 is 0 Å². The Kier molecular flexibility index (Phi) is 3.53. The minimum absolute atomic E-state index is 0.313. The zero-order valence-corrected chi connectivity index (χ0v) is 11.8. The summed E-state index contributed by atoms with van der Waals surface area (Å²) in [6.45, 7) is 4.07. The number of benzene rings is 2. The molecule has 0 spiro atoms. The van der Waals surface area contributed by atoms with E-state index < -0.39 is 5.97 Å². The lowest BCUT2D eigenvalue weighted by Gasteiger charge is -2.09. The molecule has 0 bridgehead atoms. The van der Waals surface area contributed by atoms with Crippen molar-refractivity contribution in [3.63, 3.8) is 0 Å². The molecule has 0 aromatic heterocycles. The lowest BCUT2D eigenvalue weighted by molar-refractivity contribution is 0.0697. The average Bonchev–Trinajstić information content (AvgIpc) is 2.32. The lowest BCUT2D eigenvalue weighted by Crippen LogP contribution is -1.99. The summed E-state index contributed by atoms with van der Waals surface area (Å²) in [4.78, 5) is 11.3. The fourth-order valence-electron chi connectivity index (χ4n) is 1.85. The van der Waals surface area contributed by atoms with E-state index in [0.29, 0.717) is 5.56 Å². The topological polar surface area (TPSA) is 37.3 Å². The van der Waals surface area contributed by atoms with Gasteiger partial charge in [0.2, 0.25) is 0 Å². The van der Waals surface area contributed by atoms with Gasteiger partial charge in [0, 0.05) is 4.47 Å². The highest BCUT2D eigenvalue weighted by molar-refractivity contribution is 9.10. The Labute approximate surface area is 114 Å². The summed E-state index contributed by atoms with van der Waals surface area (Å²) in [7, 11) is 0. The van der Waals surface area contributed by atoms with E-state index in [4.69, 9.17) is 0 Å². The molecule has 0 aliphatic rings. The first kappa shape index (κ1) is 12.8. The Hall–Kier alpha value is -1.61. The molecule has 18 heavy (non-hydrogen) atoms. The first-order valence-corrected chi connectivity index (χ1v) is 6.39. The number of rotatable bonds is 2. The smallest absolute Gasteiger partial charge is 0.336 e. The Morgan fingerprint density at radius 3 is 2.39 bits per heavy atom. The van der Waals surface area contributed by atoms with Gasteiger partial charge in [0.05, 0.1) is 5.56 Å². The van der Waals surface area contributed by atoms with Crippen molar-refractivity contribution in [1.82, 2.24) is 0 Å². The Morgan fingerprint density at radius 2 is 1.78 bits per heavy atom. The van der Waals surface area contributed by atoms with Crippen LogP contribution in [0.15, 0.2) is 40.9 Å². The first-order valence-electron chi connectivity index (χ1n) is 5.59. The molecule has 0 radical (unpaired) electrons. The predicted octanol–water partition coefficient (Wildman–Crippen LogP) is 4.43. The molecule has 0 unspecified atom stereocenters. The zero-order chi connectivity index (χ0) is 13.3. The van der Waals surface area contributed by atoms with Crippen molar-refractivity contribution in [2.75, 3.05) is 0 Å². The summed E-state index contributed by atoms with van der Waals surface area (Å²) in [6.07, 6.45) is 0. The van der Waals surface area contributed by atoms with Gasteiger partial charge in [-0.1, -0.05) is 40.2 Å². The number of carboxylic acid groups (broad SMARTS) is 1. The van der Waals surface area contributed by atoms with Gasteiger partial charge in [0.15, 0.2) is 0 Å². The minimum atomic E-state index is -0.912. The summed E-state index contributed by atoms with van der Waals surface area (Å²) >= 11 is 3.30. The molecular formula is C15H13BrO2. The van der Waals surface area contributed by atoms with Gasteiger partial charge in [0.1, 0.15) is 0 Å². The van der Waals surface area contributed by atoms with Gasteiger partial charge in [0.25, 0.3) is 0 Å². The van der Waals surface area contributed by atoms with Gasteiger partial charge >= 0.3 is 5.97 Å². The van der Waals surface area contributed by atoms with Crippen LogP contribution in [0.3, 0.4) is 0 Å². The Bertz CT molecular complexity index is 618. The molecule has 3 heteroatoms. The van der Waals surface area contributed by atoms with Gasteiger partial charge in [-0.05, 0) is 48.2 Å². The zero-order valence-electron chi connectivity index (χ0n) is 10.2. The molecule has 0 fully saturated rings. The maximum absolute atomic E-state index is 11.3. The highest BCUT2D eigenvalue weighted by atomic mass is 79.9. The highest BCUT2D eigenvalue weighted by Crippen LogP contribution is 2.28. The molecular weight excluding hydrogens is 292 g/mol. The molecule has 0 saturated heterocycles. The highest BCUT2D eigenvalue weighted by Gasteiger charge is 2.12. The van der Waals surface area contributed by atoms with Crippen molar-refractivity contribution in [1.29, 1.82) is 0 Å². The van der Waals surface area contributed by atoms with Crippen molar-refractivity contribution < 1.29 is 9.90 Å². The lowest BCUT2D eigenvalue weighted by atomic mass is 9.97. The number of aryl methyl sites for hydroxylation is 2. The Morgan fingerprint density at radius 1 is 1.06 bits per heavy atom. The molecule has 0 aliphatic heterocycles. The largest absolute Gasteiger partial charge is 0.478 e. The van der Waals surface area contributed by atoms with Crippen LogP contribution >= 0.6 is 15.9 Å². The van der Waals surface area contributed by atoms with Crippen LogP contribution in [0, 0.1) is 13.8 Å². The molecule has 2 rings (SSSR count). The van der Waals surface area contributed by atoms with Crippen LogP contribution in [-0.4, -0.2) is 11.1 Å². The molecule has 2 aromatic carbocycles. The number of hydrogen-bond donors (Lipinski definition) is 1. The van der Waals surface area contributed by atoms with Crippen LogP contribution in [0.4, 0.5) is 0 Å². The second-order valence-electron chi connectivity index (χ2n) is 4.29. The molecule has 0 amide bonds. The molecule has 0 heterocycles. The van der Waals surface area contributed by atoms with E-state index in [-0.39, 0.29) is 0 Å². The van der Waals surface area contributed by atoms with Crippen molar-refractivity contribution >= 4 is 21.9 Å². The third kappa shape index (κ3) is 2.46. The molecule has 0 atom stereocenters. The Balaban J connectivity index is 2.63. The summed E-state index contributed by atoms with van der Waals surface area (Å²) in [5.74, 6) is -0.912. The van der Waals surface area contributed by atoms with Crippen LogP contribution in [-0.2, 0) is 0 Å². The van der Waals surface area contributed by atoms with Gasteiger partial charge < -0.3 is 5.11 Å². The fourth-order valence-corrected chi connectivity index (χ4v) is 2.22. The van der Waals surface area contributed by atoms with Crippen molar-refractivity contribution in [3.05, 3.63) is 57.6 Å². The van der Waals surface area contributed by atoms with E-state index in [9.17, 15) is 9.90 Å². The summed E-state index contributed by atoms with van der Waals surface area (Å²) in [6, 6.07) is 11.3. The van der Waals surface area contributed by atoms with Gasteiger partial charge in [-0.2, -0.15) is 0 Å². The molecule has 92 valence electrons. The molecule has 0 aliphatic carbocycles. The second kappa shape index (κ2) is 4.94. The van der Waals surface area contributed by atoms with Gasteiger partial charge in [-0.15, -0.1) is 0 Å². The SMILES string of the molecule is Cc1ccc(-c2ccc(Br)cc2C(=O)O)cc1C. The average molecular weight is 305 g/mol. The quantitative estimate of drug-likeness (QED) is 0.891. The van der Waals surface area contributed by atoms with E-state index in [1.165, 1.54) is 5.56 Å². The van der Waals surface area contributed by atoms with E-state index in [1.807, 2.05) is 44.2 Å². The summed E-state index contributed by atoms with van der Waals surface area (Å²) in [5, 5.41) is 9.25. The first-order chi connectivity index (χ1) is 8.49. The molecule has 1 N–H and O–H groups in total. The van der Waals surface area contributed by atoms with E-state index >= 15 is 0 Å². The van der Waals surface area contributed by atoms with E-state index in [0.717, 1.165) is 21.2 Å². The van der Waals surface area contributed by atoms with Crippen LogP contribution in [0.25, 0.3) is 11.1 Å². The number of carboxylic acids is 1. The normalized spacial score (nSPS) is 10.4. The van der Waals surface area contributed by atoms with Crippen molar-refractivity contribution in [2.24, 2.45) is 0 Å². The van der Waals surface area contributed by atoms with Crippen LogP contribution in [0.1, 0.15) is 21.5 Å². The number of hydrogen-bond acceptors (Lipinski definition) is 1. The third-order valence-electron chi connectivity index (χ3n) is 3.03. The minimum Gasteiger partial charge on any atom is -0.478 e. The third-order valence-corrected chi connectivity index (χ3v) is 3.52. The second-order valence-corrected chi connectivity index (χ2v) is 5.21. The van der Waals surface area contributed by atoms with Gasteiger partial charge in [-0.25, -0.2) is 4.79 Å². The monoisotopic (exact) mass is 304 g/mol. The van der Waals surface area contributed by atoms with E-state index in [2.05, 4.69) is 15.9 Å². The molecule has 2 nitrogen and oxygen atoms in total. The van der Waals surface area contributed by atoms with Crippen molar-refractivity contribution in [2.45, 2.75) is 13.8 Å². The maximum Gasteiger partial charge on any atom is 0.336 e. The molecule has 0 saturated carbocycles. The fraction of sp³-hybridized carbons (Fsp3) is 0.133. The number of aromatic carboxylic acids is 1. The maximum atomic E-state index is 11.3. The van der Waals surface area contributed by atoms with Crippen LogP contribution in [0.5, 0.6) is 0 Å². The standard InChI is InChI=1S/C15H13BrO2/c1-9-3-4-11(7-10(9)2)13-6-5-12(16)8-14(13)15(17)18/h3-8H,1-2H3,(H,17,18). The number of halogens is 1. The van der Waals surface area contributed by atoms with Crippen LogP contribution in [0.2, 0.25) is 0 Å².